The molecule has 13 heteroatoms. The molecule has 4 rings (SSSR count). The predicted molar refractivity (Wildman–Crippen MR) is 119 cm³/mol. The van der Waals surface area contributed by atoms with E-state index in [2.05, 4.69) is 15.3 Å². The maximum Gasteiger partial charge on any atom is 0.349 e. The number of rotatable bonds is 5. The van der Waals surface area contributed by atoms with Crippen molar-refractivity contribution in [3.63, 3.8) is 0 Å². The van der Waals surface area contributed by atoms with Crippen LogP contribution in [0.5, 0.6) is 11.6 Å². The molecule has 0 saturated heterocycles. The summed E-state index contributed by atoms with van der Waals surface area (Å²) in [6.07, 6.45) is 0.191. The van der Waals surface area contributed by atoms with Gasteiger partial charge < -0.3 is 4.74 Å². The first-order chi connectivity index (χ1) is 16.2. The highest BCUT2D eigenvalue weighted by atomic mass is 35.5. The van der Waals surface area contributed by atoms with Crippen LogP contribution in [0.15, 0.2) is 56.8 Å². The van der Waals surface area contributed by atoms with E-state index in [4.69, 9.17) is 33.2 Å². The number of hydrogen-bond donors (Lipinski definition) is 2. The van der Waals surface area contributed by atoms with Crippen LogP contribution in [0.1, 0.15) is 16.8 Å². The van der Waals surface area contributed by atoms with Gasteiger partial charge in [0.15, 0.2) is 5.75 Å². The van der Waals surface area contributed by atoms with E-state index in [1.807, 2.05) is 4.98 Å². The molecule has 2 aromatic heterocycles. The molecule has 0 bridgehead atoms. The fraction of sp³-hybridized carbons (Fsp3) is 0.0476. The van der Waals surface area contributed by atoms with E-state index in [1.165, 1.54) is 30.3 Å². The van der Waals surface area contributed by atoms with Crippen LogP contribution >= 0.6 is 23.2 Å². The predicted octanol–water partition coefficient (Wildman–Crippen LogP) is 2.70. The van der Waals surface area contributed by atoms with Gasteiger partial charge in [-0.2, -0.15) is 9.94 Å². The maximum atomic E-state index is 13.1. The van der Waals surface area contributed by atoms with Crippen molar-refractivity contribution in [2.24, 2.45) is 0 Å². The molecule has 2 heterocycles. The van der Waals surface area contributed by atoms with Gasteiger partial charge in [-0.05, 0) is 29.8 Å². The van der Waals surface area contributed by atoms with Crippen LogP contribution in [0.4, 0.5) is 4.39 Å². The van der Waals surface area contributed by atoms with Gasteiger partial charge in [0.05, 0.1) is 15.7 Å². The van der Waals surface area contributed by atoms with Gasteiger partial charge in [-0.15, -0.1) is 10.2 Å². The van der Waals surface area contributed by atoms with Gasteiger partial charge in [0.25, 0.3) is 11.1 Å². The van der Waals surface area contributed by atoms with E-state index < -0.39 is 28.3 Å². The van der Waals surface area contributed by atoms with E-state index >= 15 is 0 Å². The molecule has 170 valence electrons. The average Bonchev–Trinajstić information content (AvgIpc) is 2.80. The number of nitriles is 1. The van der Waals surface area contributed by atoms with Crippen molar-refractivity contribution >= 4 is 23.2 Å². The number of aromatic amines is 2. The topological polar surface area (TPSA) is 147 Å². The third kappa shape index (κ3) is 4.73. The molecule has 0 unspecified atom stereocenters. The highest BCUT2D eigenvalue weighted by molar-refractivity contribution is 6.37. The lowest BCUT2D eigenvalue weighted by Crippen LogP contribution is -2.33. The zero-order valence-corrected chi connectivity index (χ0v) is 18.3. The molecule has 0 atom stereocenters. The van der Waals surface area contributed by atoms with Crippen LogP contribution in [0.2, 0.25) is 10.0 Å². The van der Waals surface area contributed by atoms with Crippen LogP contribution in [-0.4, -0.2) is 25.0 Å². The molecule has 0 radical (unpaired) electrons. The maximum absolute atomic E-state index is 13.1. The minimum atomic E-state index is -0.929. The second kappa shape index (κ2) is 9.30. The summed E-state index contributed by atoms with van der Waals surface area (Å²) in [7, 11) is 0. The molecule has 0 spiro atoms. The molecule has 0 fully saturated rings. The highest BCUT2D eigenvalue weighted by Crippen LogP contribution is 2.37. The van der Waals surface area contributed by atoms with Crippen molar-refractivity contribution in [1.29, 1.82) is 5.26 Å². The zero-order chi connectivity index (χ0) is 24.4. The number of nitrogens with zero attached hydrogens (tertiary/aromatic N) is 4. The minimum Gasteiger partial charge on any atom is -0.434 e. The Bertz CT molecular complexity index is 1600. The number of aromatic nitrogens is 5. The Morgan fingerprint density at radius 2 is 1.74 bits per heavy atom. The van der Waals surface area contributed by atoms with Crippen LogP contribution in [0.25, 0.3) is 5.69 Å². The van der Waals surface area contributed by atoms with Crippen molar-refractivity contribution in [3.05, 3.63) is 106 Å². The quantitative estimate of drug-likeness (QED) is 0.428. The summed E-state index contributed by atoms with van der Waals surface area (Å²) in [5.41, 5.74) is -1.77. The van der Waals surface area contributed by atoms with Gasteiger partial charge in [0, 0.05) is 18.1 Å². The SMILES string of the molecule is N#Cc1nn(-c2cc(Cl)c(Oc3cc(Cc4ccc(F)cc4)c(=O)[nH]n3)c(Cl)c2)c(=O)[nH]c1=O. The van der Waals surface area contributed by atoms with E-state index in [-0.39, 0.29) is 33.8 Å². The van der Waals surface area contributed by atoms with E-state index in [0.717, 1.165) is 4.68 Å². The standard InChI is InChI=1S/C21H11Cl2FN6O4/c22-14-7-13(30-21(33)26-20(32)16(9-25)29-30)8-15(23)18(14)34-17-6-11(19(31)28-27-17)5-10-1-3-12(24)4-2-10/h1-4,6-8H,5H2,(H,28,31)(H,26,32,33). The van der Waals surface area contributed by atoms with Crippen LogP contribution < -0.4 is 21.5 Å². The second-order valence-corrected chi connectivity index (χ2v) is 7.65. The summed E-state index contributed by atoms with van der Waals surface area (Å²) in [6, 6.07) is 11.2. The summed E-state index contributed by atoms with van der Waals surface area (Å²) in [4.78, 5) is 37.8. The first-order valence-electron chi connectivity index (χ1n) is 9.39. The lowest BCUT2D eigenvalue weighted by atomic mass is 10.1. The summed E-state index contributed by atoms with van der Waals surface area (Å²) in [5.74, 6) is -0.455. The van der Waals surface area contributed by atoms with Crippen LogP contribution in [-0.2, 0) is 6.42 Å². The largest absolute Gasteiger partial charge is 0.434 e. The summed E-state index contributed by atoms with van der Waals surface area (Å²) in [5, 5.41) is 18.7. The number of nitrogens with one attached hydrogen (secondary N) is 2. The van der Waals surface area contributed by atoms with Crippen LogP contribution in [0.3, 0.4) is 0 Å². The normalized spacial score (nSPS) is 10.6. The zero-order valence-electron chi connectivity index (χ0n) is 16.8. The van der Waals surface area contributed by atoms with Crippen molar-refractivity contribution < 1.29 is 9.13 Å². The Hall–Kier alpha value is -4.27. The van der Waals surface area contributed by atoms with Crippen molar-refractivity contribution in [2.75, 3.05) is 0 Å². The molecule has 0 aliphatic carbocycles. The molecule has 0 aliphatic heterocycles. The van der Waals surface area contributed by atoms with Crippen molar-refractivity contribution in [2.45, 2.75) is 6.42 Å². The van der Waals surface area contributed by atoms with Crippen LogP contribution in [0, 0.1) is 17.1 Å². The Kier molecular flexibility index (Phi) is 6.27. The molecule has 10 nitrogen and oxygen atoms in total. The summed E-state index contributed by atoms with van der Waals surface area (Å²) >= 11 is 12.6. The second-order valence-electron chi connectivity index (χ2n) is 6.84. The Morgan fingerprint density at radius 1 is 1.06 bits per heavy atom. The molecular weight excluding hydrogens is 490 g/mol. The Morgan fingerprint density at radius 3 is 2.38 bits per heavy atom. The number of hydrogen-bond acceptors (Lipinski definition) is 7. The van der Waals surface area contributed by atoms with Gasteiger partial charge in [0.1, 0.15) is 11.9 Å². The first-order valence-corrected chi connectivity index (χ1v) is 10.1. The molecular formula is C21H11Cl2FN6O4. The third-order valence-electron chi connectivity index (χ3n) is 4.53. The fourth-order valence-corrected chi connectivity index (χ4v) is 3.50. The Balaban J connectivity index is 1.66. The van der Waals surface area contributed by atoms with E-state index in [0.29, 0.717) is 11.1 Å². The lowest BCUT2D eigenvalue weighted by Gasteiger charge is -2.12. The number of ether oxygens (including phenoxy) is 1. The minimum absolute atomic E-state index is 0.0284. The smallest absolute Gasteiger partial charge is 0.349 e. The summed E-state index contributed by atoms with van der Waals surface area (Å²) in [6.45, 7) is 0. The molecule has 0 aliphatic rings. The van der Waals surface area contributed by atoms with Crippen molar-refractivity contribution in [3.8, 4) is 23.4 Å². The van der Waals surface area contributed by atoms with Gasteiger partial charge in [-0.1, -0.05) is 35.3 Å². The Labute approximate surface area is 198 Å². The summed E-state index contributed by atoms with van der Waals surface area (Å²) < 4.78 is 19.5. The average molecular weight is 501 g/mol. The fourth-order valence-electron chi connectivity index (χ4n) is 2.95. The van der Waals surface area contributed by atoms with Gasteiger partial charge >= 0.3 is 5.69 Å². The van der Waals surface area contributed by atoms with Crippen molar-refractivity contribution in [1.82, 2.24) is 25.0 Å². The number of H-pyrrole nitrogens is 2. The third-order valence-corrected chi connectivity index (χ3v) is 5.09. The van der Waals surface area contributed by atoms with E-state index in [1.54, 1.807) is 18.2 Å². The highest BCUT2D eigenvalue weighted by Gasteiger charge is 2.16. The monoisotopic (exact) mass is 500 g/mol. The van der Waals surface area contributed by atoms with E-state index in [9.17, 15) is 18.8 Å². The first kappa shape index (κ1) is 22.9. The lowest BCUT2D eigenvalue weighted by molar-refractivity contribution is 0.453. The van der Waals surface area contributed by atoms with Gasteiger partial charge in [-0.25, -0.2) is 14.3 Å². The molecule has 2 aromatic carbocycles. The molecule has 2 N–H and O–H groups in total. The molecule has 0 amide bonds. The molecule has 34 heavy (non-hydrogen) atoms. The van der Waals surface area contributed by atoms with Gasteiger partial charge in [0.2, 0.25) is 11.6 Å². The van der Waals surface area contributed by atoms with Gasteiger partial charge in [-0.3, -0.25) is 14.6 Å². The number of benzene rings is 2. The number of halogens is 3. The molecule has 0 saturated carbocycles. The molecule has 4 aromatic rings.